The molecule has 6 nitrogen and oxygen atoms in total. The molecule has 1 aliphatic rings. The number of imidazole rings is 1. The van der Waals surface area contributed by atoms with Gasteiger partial charge in [0.2, 0.25) is 5.95 Å². The number of halogens is 1. The first-order valence-electron chi connectivity index (χ1n) is 8.40. The fraction of sp³-hybridized carbons (Fsp3) is 0.389. The quantitative estimate of drug-likeness (QED) is 0.734. The van der Waals surface area contributed by atoms with Gasteiger partial charge in [-0.2, -0.15) is 4.39 Å². The molecule has 7 heteroatoms. The summed E-state index contributed by atoms with van der Waals surface area (Å²) in [7, 11) is 1.63. The first kappa shape index (κ1) is 15.8. The summed E-state index contributed by atoms with van der Waals surface area (Å²) >= 11 is 0. The van der Waals surface area contributed by atoms with Gasteiger partial charge in [0, 0.05) is 25.2 Å². The minimum atomic E-state index is -0.644. The van der Waals surface area contributed by atoms with Crippen molar-refractivity contribution in [2.45, 2.75) is 39.2 Å². The van der Waals surface area contributed by atoms with Crippen molar-refractivity contribution >= 4 is 11.6 Å². The Morgan fingerprint density at radius 2 is 2.20 bits per heavy atom. The molecule has 4 rings (SSSR count). The van der Waals surface area contributed by atoms with Gasteiger partial charge in [-0.05, 0) is 43.9 Å². The van der Waals surface area contributed by atoms with Gasteiger partial charge in [0.15, 0.2) is 5.69 Å². The first-order chi connectivity index (χ1) is 12.0. The lowest BCUT2D eigenvalue weighted by atomic mass is 9.96. The molecule has 1 amide bonds. The maximum atomic E-state index is 14.5. The van der Waals surface area contributed by atoms with Crippen molar-refractivity contribution in [3.05, 3.63) is 52.6 Å². The van der Waals surface area contributed by atoms with E-state index < -0.39 is 11.9 Å². The van der Waals surface area contributed by atoms with Gasteiger partial charge in [0.05, 0.1) is 6.54 Å². The Morgan fingerprint density at radius 1 is 1.40 bits per heavy atom. The second-order valence-electron chi connectivity index (χ2n) is 6.58. The number of aromatic nitrogens is 3. The van der Waals surface area contributed by atoms with Crippen LogP contribution in [0.3, 0.4) is 0 Å². The molecule has 1 aliphatic carbocycles. The van der Waals surface area contributed by atoms with Crippen molar-refractivity contribution in [1.29, 1.82) is 0 Å². The highest BCUT2D eigenvalue weighted by molar-refractivity contribution is 5.93. The molecule has 0 bridgehead atoms. The summed E-state index contributed by atoms with van der Waals surface area (Å²) < 4.78 is 21.2. The highest BCUT2D eigenvalue weighted by atomic mass is 19.1. The van der Waals surface area contributed by atoms with Crippen LogP contribution < -0.4 is 0 Å². The van der Waals surface area contributed by atoms with Crippen molar-refractivity contribution in [3.63, 3.8) is 0 Å². The van der Waals surface area contributed by atoms with Gasteiger partial charge < -0.3 is 9.42 Å². The van der Waals surface area contributed by atoms with E-state index in [4.69, 9.17) is 4.52 Å². The number of amides is 1. The molecule has 3 heterocycles. The van der Waals surface area contributed by atoms with Crippen LogP contribution in [-0.4, -0.2) is 32.4 Å². The van der Waals surface area contributed by atoms with Gasteiger partial charge in [0.25, 0.3) is 5.91 Å². The van der Waals surface area contributed by atoms with Crippen LogP contribution in [0.2, 0.25) is 0 Å². The van der Waals surface area contributed by atoms with E-state index in [1.165, 1.54) is 9.30 Å². The molecular weight excluding hydrogens is 323 g/mol. The van der Waals surface area contributed by atoms with Crippen LogP contribution in [0.4, 0.5) is 4.39 Å². The van der Waals surface area contributed by atoms with Crippen molar-refractivity contribution in [2.24, 2.45) is 0 Å². The minimum Gasteiger partial charge on any atom is -0.361 e. The van der Waals surface area contributed by atoms with E-state index in [0.717, 1.165) is 48.3 Å². The summed E-state index contributed by atoms with van der Waals surface area (Å²) in [6.45, 7) is 2.18. The summed E-state index contributed by atoms with van der Waals surface area (Å²) in [4.78, 5) is 18.3. The van der Waals surface area contributed by atoms with Gasteiger partial charge in [-0.1, -0.05) is 5.16 Å². The van der Waals surface area contributed by atoms with Gasteiger partial charge >= 0.3 is 0 Å². The fourth-order valence-corrected chi connectivity index (χ4v) is 3.30. The van der Waals surface area contributed by atoms with Crippen LogP contribution in [0.15, 0.2) is 22.9 Å². The summed E-state index contributed by atoms with van der Waals surface area (Å²) in [5.41, 5.74) is 3.06. The number of hydrogen-bond donors (Lipinski definition) is 0. The zero-order chi connectivity index (χ0) is 17.6. The Balaban J connectivity index is 1.60. The van der Waals surface area contributed by atoms with E-state index in [0.29, 0.717) is 5.65 Å². The molecule has 0 aliphatic heterocycles. The summed E-state index contributed by atoms with van der Waals surface area (Å²) in [6.07, 6.45) is 5.58. The average Bonchev–Trinajstić information content (AvgIpc) is 3.15. The molecule has 0 saturated heterocycles. The molecule has 0 spiro atoms. The molecule has 0 atom stereocenters. The standard InChI is InChI=1S/C18H19FN4O2/c1-11-7-8-23-15(9-11)20-16(17(23)19)18(24)22(2)10-13-12-5-3-4-6-14(12)25-21-13/h7-9H,3-6,10H2,1-2H3. The van der Waals surface area contributed by atoms with E-state index in [2.05, 4.69) is 10.1 Å². The predicted octanol–water partition coefficient (Wildman–Crippen LogP) is 2.92. The molecule has 0 radical (unpaired) electrons. The number of fused-ring (bicyclic) bond motifs is 2. The highest BCUT2D eigenvalue weighted by Crippen LogP contribution is 2.25. The van der Waals surface area contributed by atoms with Crippen molar-refractivity contribution < 1.29 is 13.7 Å². The van der Waals surface area contributed by atoms with Crippen LogP contribution >= 0.6 is 0 Å². The number of pyridine rings is 1. The second-order valence-corrected chi connectivity index (χ2v) is 6.58. The topological polar surface area (TPSA) is 63.6 Å². The molecule has 3 aromatic heterocycles. The molecule has 0 fully saturated rings. The number of hydrogen-bond acceptors (Lipinski definition) is 4. The van der Waals surface area contributed by atoms with Crippen LogP contribution in [0.1, 0.15) is 45.9 Å². The summed E-state index contributed by atoms with van der Waals surface area (Å²) in [5, 5.41) is 4.10. The Labute approximate surface area is 144 Å². The lowest BCUT2D eigenvalue weighted by Crippen LogP contribution is -2.28. The third-order valence-corrected chi connectivity index (χ3v) is 4.69. The third kappa shape index (κ3) is 2.69. The third-order valence-electron chi connectivity index (χ3n) is 4.69. The predicted molar refractivity (Wildman–Crippen MR) is 88.8 cm³/mol. The number of nitrogens with zero attached hydrogens (tertiary/aromatic N) is 4. The maximum Gasteiger partial charge on any atom is 0.277 e. The lowest BCUT2D eigenvalue weighted by Gasteiger charge is -2.16. The summed E-state index contributed by atoms with van der Waals surface area (Å²) in [5.74, 6) is -0.197. The number of carbonyl (C=O) groups excluding carboxylic acids is 1. The molecule has 0 aromatic carbocycles. The Kier molecular flexibility index (Phi) is 3.78. The normalized spacial score (nSPS) is 13.9. The average molecular weight is 342 g/mol. The second kappa shape index (κ2) is 5.98. The highest BCUT2D eigenvalue weighted by Gasteiger charge is 2.25. The number of carbonyl (C=O) groups is 1. The van der Waals surface area contributed by atoms with E-state index >= 15 is 0 Å². The summed E-state index contributed by atoms with van der Waals surface area (Å²) in [6, 6.07) is 3.52. The maximum absolute atomic E-state index is 14.5. The van der Waals surface area contributed by atoms with Crippen LogP contribution in [0, 0.1) is 12.9 Å². The lowest BCUT2D eigenvalue weighted by molar-refractivity contribution is 0.0771. The number of aryl methyl sites for hydroxylation is 2. The van der Waals surface area contributed by atoms with E-state index in [9.17, 15) is 9.18 Å². The Bertz CT molecular complexity index is 960. The van der Waals surface area contributed by atoms with Crippen LogP contribution in [0.5, 0.6) is 0 Å². The van der Waals surface area contributed by atoms with Crippen LogP contribution in [-0.2, 0) is 19.4 Å². The Hall–Kier alpha value is -2.70. The van der Waals surface area contributed by atoms with Crippen molar-refractivity contribution in [1.82, 2.24) is 19.4 Å². The smallest absolute Gasteiger partial charge is 0.277 e. The first-order valence-corrected chi connectivity index (χ1v) is 8.40. The Morgan fingerprint density at radius 3 is 3.04 bits per heavy atom. The molecule has 130 valence electrons. The van der Waals surface area contributed by atoms with Crippen LogP contribution in [0.25, 0.3) is 5.65 Å². The SMILES string of the molecule is Cc1ccn2c(F)c(C(=O)N(C)Cc3noc4c3CCCC4)nc2c1. The zero-order valence-electron chi connectivity index (χ0n) is 14.3. The van der Waals surface area contributed by atoms with E-state index in [-0.39, 0.29) is 12.2 Å². The number of rotatable bonds is 3. The van der Waals surface area contributed by atoms with Crippen molar-refractivity contribution in [2.75, 3.05) is 7.05 Å². The van der Waals surface area contributed by atoms with E-state index in [1.807, 2.05) is 6.92 Å². The molecule has 0 unspecified atom stereocenters. The van der Waals surface area contributed by atoms with E-state index in [1.54, 1.807) is 25.4 Å². The van der Waals surface area contributed by atoms with Gasteiger partial charge in [-0.15, -0.1) is 0 Å². The van der Waals surface area contributed by atoms with Crippen molar-refractivity contribution in [3.8, 4) is 0 Å². The molecule has 3 aromatic rings. The largest absolute Gasteiger partial charge is 0.361 e. The minimum absolute atomic E-state index is 0.175. The fourth-order valence-electron chi connectivity index (χ4n) is 3.30. The zero-order valence-corrected chi connectivity index (χ0v) is 14.3. The van der Waals surface area contributed by atoms with Gasteiger partial charge in [-0.25, -0.2) is 4.98 Å². The van der Waals surface area contributed by atoms with Gasteiger partial charge in [0.1, 0.15) is 17.1 Å². The molecular formula is C18H19FN4O2. The molecule has 25 heavy (non-hydrogen) atoms. The molecule has 0 N–H and O–H groups in total. The monoisotopic (exact) mass is 342 g/mol. The molecule has 0 saturated carbocycles. The van der Waals surface area contributed by atoms with Gasteiger partial charge in [-0.3, -0.25) is 9.20 Å².